The summed E-state index contributed by atoms with van der Waals surface area (Å²) in [5.74, 6) is -0.583. The van der Waals surface area contributed by atoms with Crippen LogP contribution in [0.1, 0.15) is 24.8 Å². The summed E-state index contributed by atoms with van der Waals surface area (Å²) in [6, 6.07) is 6.13. The van der Waals surface area contributed by atoms with E-state index < -0.39 is 5.97 Å². The number of rotatable bonds is 4. The van der Waals surface area contributed by atoms with Crippen LogP contribution in [0.4, 0.5) is 4.39 Å². The van der Waals surface area contributed by atoms with Crippen molar-refractivity contribution in [1.82, 2.24) is 0 Å². The number of carbonyl (C=O) groups excluding carboxylic acids is 3. The van der Waals surface area contributed by atoms with E-state index in [1.54, 1.807) is 12.1 Å². The highest BCUT2D eigenvalue weighted by Gasteiger charge is 2.34. The van der Waals surface area contributed by atoms with E-state index in [-0.39, 0.29) is 23.0 Å². The molecule has 0 N–H and O–H groups in total. The third kappa shape index (κ3) is 4.24. The molecular weight excluding hydrogens is 395 g/mol. The SMILES string of the molecule is COC(=O)C1=C(SCc2ccc(F)cc2)SC(=C2C(=O)CCCC2=O)S1. The zero-order valence-electron chi connectivity index (χ0n) is 13.9. The van der Waals surface area contributed by atoms with E-state index in [9.17, 15) is 18.8 Å². The van der Waals surface area contributed by atoms with Crippen molar-refractivity contribution < 1.29 is 23.5 Å². The first-order valence-electron chi connectivity index (χ1n) is 7.86. The van der Waals surface area contributed by atoms with Crippen LogP contribution in [0.25, 0.3) is 0 Å². The third-order valence-corrected chi connectivity index (χ3v) is 7.84. The van der Waals surface area contributed by atoms with Gasteiger partial charge in [-0.25, -0.2) is 9.18 Å². The van der Waals surface area contributed by atoms with Crippen LogP contribution >= 0.6 is 35.3 Å². The van der Waals surface area contributed by atoms with E-state index in [0.29, 0.717) is 38.4 Å². The molecule has 1 fully saturated rings. The Kier molecular flexibility index (Phi) is 6.26. The van der Waals surface area contributed by atoms with Crippen molar-refractivity contribution in [3.8, 4) is 0 Å². The summed E-state index contributed by atoms with van der Waals surface area (Å²) in [5.41, 5.74) is 1.12. The lowest BCUT2D eigenvalue weighted by Crippen LogP contribution is -2.19. The van der Waals surface area contributed by atoms with E-state index in [2.05, 4.69) is 0 Å². The minimum atomic E-state index is -0.490. The van der Waals surface area contributed by atoms with Gasteiger partial charge in [0.25, 0.3) is 0 Å². The number of methoxy groups -OCH3 is 1. The molecule has 0 saturated heterocycles. The predicted molar refractivity (Wildman–Crippen MR) is 103 cm³/mol. The molecule has 136 valence electrons. The van der Waals surface area contributed by atoms with Crippen molar-refractivity contribution in [2.45, 2.75) is 25.0 Å². The van der Waals surface area contributed by atoms with E-state index in [4.69, 9.17) is 4.74 Å². The zero-order valence-corrected chi connectivity index (χ0v) is 16.3. The number of carbonyl (C=O) groups is 3. The van der Waals surface area contributed by atoms with Gasteiger partial charge in [0.2, 0.25) is 0 Å². The van der Waals surface area contributed by atoms with Gasteiger partial charge in [0, 0.05) is 18.6 Å². The summed E-state index contributed by atoms with van der Waals surface area (Å²) in [4.78, 5) is 36.8. The summed E-state index contributed by atoms with van der Waals surface area (Å²) in [6.45, 7) is 0. The molecule has 0 radical (unpaired) electrons. The van der Waals surface area contributed by atoms with E-state index in [0.717, 1.165) is 17.3 Å². The second-order valence-electron chi connectivity index (χ2n) is 5.59. The Morgan fingerprint density at radius 1 is 1.15 bits per heavy atom. The minimum absolute atomic E-state index is 0.162. The normalized spacial score (nSPS) is 17.9. The second kappa shape index (κ2) is 8.45. The molecule has 0 amide bonds. The van der Waals surface area contributed by atoms with Gasteiger partial charge in [-0.15, -0.1) is 11.8 Å². The van der Waals surface area contributed by atoms with Gasteiger partial charge in [-0.2, -0.15) is 0 Å². The maximum absolute atomic E-state index is 13.0. The molecule has 3 rings (SSSR count). The Morgan fingerprint density at radius 3 is 2.42 bits per heavy atom. The fraction of sp³-hybridized carbons (Fsp3) is 0.278. The summed E-state index contributed by atoms with van der Waals surface area (Å²) in [5, 5.41) is 0. The minimum Gasteiger partial charge on any atom is -0.465 e. The molecule has 0 atom stereocenters. The smallest absolute Gasteiger partial charge is 0.346 e. The van der Waals surface area contributed by atoms with Crippen molar-refractivity contribution in [3.63, 3.8) is 0 Å². The molecule has 0 aromatic heterocycles. The Bertz CT molecular complexity index is 809. The van der Waals surface area contributed by atoms with E-state index in [1.807, 2.05) is 0 Å². The average Bonchev–Trinajstić information content (AvgIpc) is 3.04. The fourth-order valence-electron chi connectivity index (χ4n) is 2.47. The van der Waals surface area contributed by atoms with Gasteiger partial charge in [-0.3, -0.25) is 9.59 Å². The van der Waals surface area contributed by atoms with Crippen molar-refractivity contribution in [2.75, 3.05) is 7.11 Å². The molecule has 26 heavy (non-hydrogen) atoms. The molecular formula is C18H15FO4S3. The molecule has 1 aromatic carbocycles. The van der Waals surface area contributed by atoms with Crippen molar-refractivity contribution in [1.29, 1.82) is 0 Å². The van der Waals surface area contributed by atoms with Gasteiger partial charge in [0.05, 0.1) is 21.2 Å². The topological polar surface area (TPSA) is 60.4 Å². The standard InChI is InChI=1S/C18H15FO4S3/c1-23-16(22)15-18(24-9-10-5-7-11(19)8-6-10)26-17(25-15)14-12(20)3-2-4-13(14)21/h5-8H,2-4,9H2,1H3. The molecule has 0 spiro atoms. The quantitative estimate of drug-likeness (QED) is 0.414. The lowest BCUT2D eigenvalue weighted by Gasteiger charge is -2.13. The summed E-state index contributed by atoms with van der Waals surface area (Å²) < 4.78 is 19.1. The number of hydrogen-bond donors (Lipinski definition) is 0. The van der Waals surface area contributed by atoms with Gasteiger partial charge in [0.1, 0.15) is 10.7 Å². The molecule has 1 aliphatic carbocycles. The number of Topliss-reactive ketones (excluding diaryl/α,β-unsaturated/α-hetero) is 2. The number of esters is 1. The molecule has 1 aromatic rings. The molecule has 1 heterocycles. The first-order chi connectivity index (χ1) is 12.5. The van der Waals surface area contributed by atoms with E-state index in [1.165, 1.54) is 42.8 Å². The van der Waals surface area contributed by atoms with Crippen molar-refractivity contribution in [3.05, 3.63) is 54.6 Å². The van der Waals surface area contributed by atoms with Gasteiger partial charge < -0.3 is 4.74 Å². The zero-order chi connectivity index (χ0) is 18.7. The summed E-state index contributed by atoms with van der Waals surface area (Å²) in [7, 11) is 1.30. The van der Waals surface area contributed by atoms with E-state index >= 15 is 0 Å². The van der Waals surface area contributed by atoms with Crippen molar-refractivity contribution in [2.24, 2.45) is 0 Å². The number of ketones is 2. The molecule has 0 bridgehead atoms. The predicted octanol–water partition coefficient (Wildman–Crippen LogP) is 4.41. The Labute approximate surface area is 163 Å². The molecule has 1 aliphatic heterocycles. The molecule has 8 heteroatoms. The number of halogens is 1. The van der Waals surface area contributed by atoms with Crippen LogP contribution in [-0.4, -0.2) is 24.6 Å². The summed E-state index contributed by atoms with van der Waals surface area (Å²) >= 11 is 3.80. The van der Waals surface area contributed by atoms with Gasteiger partial charge in [0.15, 0.2) is 11.6 Å². The number of ether oxygens (including phenoxy) is 1. The van der Waals surface area contributed by atoms with Crippen molar-refractivity contribution >= 4 is 52.8 Å². The lowest BCUT2D eigenvalue weighted by atomic mass is 9.94. The van der Waals surface area contributed by atoms with Gasteiger partial charge >= 0.3 is 5.97 Å². The van der Waals surface area contributed by atoms with Crippen LogP contribution in [0.2, 0.25) is 0 Å². The highest BCUT2D eigenvalue weighted by atomic mass is 32.2. The fourth-order valence-corrected chi connectivity index (χ4v) is 6.66. The summed E-state index contributed by atoms with van der Waals surface area (Å²) in [6.07, 6.45) is 1.29. The first kappa shape index (κ1) is 19.3. The largest absolute Gasteiger partial charge is 0.465 e. The highest BCUT2D eigenvalue weighted by molar-refractivity contribution is 8.36. The van der Waals surface area contributed by atoms with Crippen LogP contribution in [0.3, 0.4) is 0 Å². The number of allylic oxidation sites excluding steroid dienone is 1. The number of thioether (sulfide) groups is 3. The molecule has 1 saturated carbocycles. The first-order valence-corrected chi connectivity index (χ1v) is 10.5. The monoisotopic (exact) mass is 410 g/mol. The maximum atomic E-state index is 13.0. The Morgan fingerprint density at radius 2 is 1.81 bits per heavy atom. The third-order valence-electron chi connectivity index (χ3n) is 3.79. The Balaban J connectivity index is 1.83. The van der Waals surface area contributed by atoms with Crippen LogP contribution in [0.5, 0.6) is 0 Å². The average molecular weight is 411 g/mol. The van der Waals surface area contributed by atoms with Gasteiger partial charge in [-0.05, 0) is 24.1 Å². The van der Waals surface area contributed by atoms with Gasteiger partial charge in [-0.1, -0.05) is 35.7 Å². The molecule has 0 unspecified atom stereocenters. The van der Waals surface area contributed by atoms with Crippen LogP contribution in [0, 0.1) is 5.82 Å². The van der Waals surface area contributed by atoms with Crippen LogP contribution in [-0.2, 0) is 24.9 Å². The Hall–Kier alpha value is -1.51. The maximum Gasteiger partial charge on any atom is 0.346 e. The number of benzene rings is 1. The van der Waals surface area contributed by atoms with Crippen LogP contribution < -0.4 is 0 Å². The molecule has 4 nitrogen and oxygen atoms in total. The molecule has 2 aliphatic rings. The lowest BCUT2D eigenvalue weighted by molar-refractivity contribution is -0.135. The highest BCUT2D eigenvalue weighted by Crippen LogP contribution is 2.56. The second-order valence-corrected chi connectivity index (χ2v) is 9.13. The van der Waals surface area contributed by atoms with Crippen LogP contribution in [0.15, 0.2) is 43.2 Å². The number of hydrogen-bond acceptors (Lipinski definition) is 7.